The molecule has 8 heteroatoms. The van der Waals surface area contributed by atoms with Crippen molar-refractivity contribution in [1.29, 1.82) is 0 Å². The number of nitrogens with zero attached hydrogens (tertiary/aromatic N) is 2. The minimum absolute atomic E-state index is 0.265. The lowest BCUT2D eigenvalue weighted by Crippen LogP contribution is -2.20. The van der Waals surface area contributed by atoms with Gasteiger partial charge in [-0.25, -0.2) is 9.18 Å². The summed E-state index contributed by atoms with van der Waals surface area (Å²) in [4.78, 5) is 11.7. The third-order valence-electron chi connectivity index (χ3n) is 5.07. The maximum Gasteiger partial charge on any atom is 0.336 e. The lowest BCUT2D eigenvalue weighted by atomic mass is 10.1. The lowest BCUT2D eigenvalue weighted by molar-refractivity contribution is 0.560. The van der Waals surface area contributed by atoms with Gasteiger partial charge in [-0.05, 0) is 68.4 Å². The van der Waals surface area contributed by atoms with E-state index in [2.05, 4.69) is 15.7 Å². The molecule has 0 atom stereocenters. The first-order chi connectivity index (χ1) is 14.8. The number of hydrogen-bond donors (Lipinski definition) is 2. The zero-order valence-electron chi connectivity index (χ0n) is 17.3. The molecule has 31 heavy (non-hydrogen) atoms. The van der Waals surface area contributed by atoms with Crippen LogP contribution < -0.4 is 16.3 Å². The third-order valence-corrected chi connectivity index (χ3v) is 5.28. The van der Waals surface area contributed by atoms with Gasteiger partial charge in [0.2, 0.25) is 0 Å². The van der Waals surface area contributed by atoms with Crippen LogP contribution in [0.25, 0.3) is 11.0 Å². The molecular formula is C23H21FN4O2S. The van der Waals surface area contributed by atoms with Gasteiger partial charge in [0, 0.05) is 23.2 Å². The van der Waals surface area contributed by atoms with Gasteiger partial charge in [0.05, 0.1) is 23.6 Å². The van der Waals surface area contributed by atoms with Gasteiger partial charge < -0.3 is 15.1 Å². The topological polar surface area (TPSA) is 72.1 Å². The Balaban J connectivity index is 1.51. The Morgan fingerprint density at radius 3 is 2.58 bits per heavy atom. The van der Waals surface area contributed by atoms with Crippen molar-refractivity contribution in [2.24, 2.45) is 0 Å². The van der Waals surface area contributed by atoms with Gasteiger partial charge >= 0.3 is 5.63 Å². The summed E-state index contributed by atoms with van der Waals surface area (Å²) in [5.74, 6) is -0.265. The van der Waals surface area contributed by atoms with Gasteiger partial charge in [0.25, 0.3) is 0 Å². The van der Waals surface area contributed by atoms with Gasteiger partial charge in [-0.1, -0.05) is 12.1 Å². The van der Waals surface area contributed by atoms with E-state index in [9.17, 15) is 9.18 Å². The Hall–Kier alpha value is -3.52. The van der Waals surface area contributed by atoms with E-state index < -0.39 is 0 Å². The summed E-state index contributed by atoms with van der Waals surface area (Å²) < 4.78 is 20.3. The number of fused-ring (bicyclic) bond motifs is 1. The Bertz CT molecular complexity index is 1340. The molecule has 2 aromatic heterocycles. The zero-order chi connectivity index (χ0) is 22.1. The molecule has 0 radical (unpaired) electrons. The summed E-state index contributed by atoms with van der Waals surface area (Å²) in [5.41, 5.74) is 5.14. The molecule has 4 rings (SSSR count). The molecule has 0 saturated heterocycles. The van der Waals surface area contributed by atoms with Crippen LogP contribution in [0.15, 0.2) is 57.7 Å². The lowest BCUT2D eigenvalue weighted by Gasteiger charge is -2.12. The molecule has 2 N–H and O–H groups in total. The fraction of sp³-hybridized carbons (Fsp3) is 0.174. The zero-order valence-corrected chi connectivity index (χ0v) is 18.1. The van der Waals surface area contributed by atoms with Crippen molar-refractivity contribution in [3.8, 4) is 0 Å². The molecule has 2 aromatic carbocycles. The van der Waals surface area contributed by atoms with Crippen molar-refractivity contribution < 1.29 is 8.81 Å². The van der Waals surface area contributed by atoms with Crippen molar-refractivity contribution in [3.05, 3.63) is 87.3 Å². The van der Waals surface area contributed by atoms with E-state index in [1.54, 1.807) is 18.2 Å². The van der Waals surface area contributed by atoms with E-state index in [0.717, 1.165) is 33.6 Å². The minimum Gasteiger partial charge on any atom is -0.423 e. The molecule has 0 aliphatic heterocycles. The Morgan fingerprint density at radius 1 is 1.10 bits per heavy atom. The second-order valence-electron chi connectivity index (χ2n) is 7.37. The number of aryl methyl sites for hydroxylation is 2. The molecule has 6 nitrogen and oxygen atoms in total. The molecule has 0 bridgehead atoms. The van der Waals surface area contributed by atoms with E-state index in [0.29, 0.717) is 22.9 Å². The van der Waals surface area contributed by atoms with Crippen LogP contribution in [0.4, 0.5) is 15.8 Å². The highest BCUT2D eigenvalue weighted by molar-refractivity contribution is 7.80. The van der Waals surface area contributed by atoms with Crippen molar-refractivity contribution in [2.75, 3.05) is 10.6 Å². The van der Waals surface area contributed by atoms with Crippen LogP contribution in [0.1, 0.15) is 22.5 Å². The number of benzene rings is 2. The number of aromatic nitrogens is 2. The summed E-state index contributed by atoms with van der Waals surface area (Å²) in [6.45, 7) is 6.24. The van der Waals surface area contributed by atoms with E-state index in [4.69, 9.17) is 16.6 Å². The van der Waals surface area contributed by atoms with Gasteiger partial charge in [-0.15, -0.1) is 0 Å². The molecule has 158 valence electrons. The van der Waals surface area contributed by atoms with Crippen LogP contribution in [0.2, 0.25) is 0 Å². The van der Waals surface area contributed by atoms with Crippen LogP contribution in [0.3, 0.4) is 0 Å². The molecule has 0 aliphatic carbocycles. The number of nitrogens with one attached hydrogen (secondary N) is 2. The van der Waals surface area contributed by atoms with E-state index in [-0.39, 0.29) is 11.4 Å². The van der Waals surface area contributed by atoms with Crippen LogP contribution in [0.5, 0.6) is 0 Å². The quantitative estimate of drug-likeness (QED) is 0.350. The van der Waals surface area contributed by atoms with Crippen molar-refractivity contribution in [3.63, 3.8) is 0 Å². The first kappa shape index (κ1) is 20.7. The monoisotopic (exact) mass is 436 g/mol. The van der Waals surface area contributed by atoms with Crippen molar-refractivity contribution in [2.45, 2.75) is 27.3 Å². The first-order valence-corrected chi connectivity index (χ1v) is 10.1. The van der Waals surface area contributed by atoms with Crippen LogP contribution in [-0.2, 0) is 6.54 Å². The number of halogens is 1. The first-order valence-electron chi connectivity index (χ1n) is 9.71. The van der Waals surface area contributed by atoms with Crippen molar-refractivity contribution >= 4 is 39.7 Å². The average molecular weight is 437 g/mol. The fourth-order valence-electron chi connectivity index (χ4n) is 3.47. The van der Waals surface area contributed by atoms with E-state index in [1.165, 1.54) is 18.2 Å². The summed E-state index contributed by atoms with van der Waals surface area (Å²) in [7, 11) is 0. The van der Waals surface area contributed by atoms with Gasteiger partial charge in [0.15, 0.2) is 5.11 Å². The molecule has 2 heterocycles. The average Bonchev–Trinajstić information content (AvgIpc) is 2.96. The Kier molecular flexibility index (Phi) is 5.56. The fourth-order valence-corrected chi connectivity index (χ4v) is 3.69. The molecule has 0 saturated carbocycles. The number of anilines is 2. The third kappa shape index (κ3) is 4.49. The van der Waals surface area contributed by atoms with Crippen LogP contribution in [0, 0.1) is 26.6 Å². The molecule has 0 spiro atoms. The summed E-state index contributed by atoms with van der Waals surface area (Å²) in [6.07, 6.45) is 0. The Labute approximate surface area is 183 Å². The number of thiocarbonyl (C=S) groups is 1. The highest BCUT2D eigenvalue weighted by atomic mass is 32.1. The predicted octanol–water partition coefficient (Wildman–Crippen LogP) is 4.91. The maximum atomic E-state index is 13.1. The van der Waals surface area contributed by atoms with E-state index >= 15 is 0 Å². The molecule has 0 aliphatic rings. The predicted molar refractivity (Wildman–Crippen MR) is 124 cm³/mol. The molecule has 4 aromatic rings. The van der Waals surface area contributed by atoms with E-state index in [1.807, 2.05) is 37.6 Å². The standard InChI is InChI=1S/C23H21FN4O2S/c1-13-10-21(29)30-20-11-18(8-9-19(13)20)25-23(31)26-22-14(2)27-28(15(22)3)12-16-4-6-17(24)7-5-16/h4-11H,12H2,1-3H3,(H2,25,26,31). The van der Waals surface area contributed by atoms with Crippen LogP contribution >= 0.6 is 12.2 Å². The highest BCUT2D eigenvalue weighted by Gasteiger charge is 2.14. The second-order valence-corrected chi connectivity index (χ2v) is 7.78. The molecular weight excluding hydrogens is 415 g/mol. The highest BCUT2D eigenvalue weighted by Crippen LogP contribution is 2.23. The van der Waals surface area contributed by atoms with Crippen molar-refractivity contribution in [1.82, 2.24) is 9.78 Å². The SMILES string of the molecule is Cc1nn(Cc2ccc(F)cc2)c(C)c1NC(=S)Nc1ccc2c(C)cc(=O)oc2c1. The Morgan fingerprint density at radius 2 is 1.84 bits per heavy atom. The summed E-state index contributed by atoms with van der Waals surface area (Å²) in [6, 6.07) is 13.3. The molecule has 0 unspecified atom stereocenters. The largest absolute Gasteiger partial charge is 0.423 e. The summed E-state index contributed by atoms with van der Waals surface area (Å²) in [5, 5.41) is 12.2. The minimum atomic E-state index is -0.386. The van der Waals surface area contributed by atoms with Gasteiger partial charge in [-0.2, -0.15) is 5.10 Å². The van der Waals surface area contributed by atoms with Gasteiger partial charge in [-0.3, -0.25) is 4.68 Å². The summed E-state index contributed by atoms with van der Waals surface area (Å²) >= 11 is 5.47. The molecule has 0 amide bonds. The second kappa shape index (κ2) is 8.31. The van der Waals surface area contributed by atoms with Crippen LogP contribution in [-0.4, -0.2) is 14.9 Å². The van der Waals surface area contributed by atoms with Gasteiger partial charge in [0.1, 0.15) is 11.4 Å². The molecule has 0 fully saturated rings. The number of rotatable bonds is 4. The maximum absolute atomic E-state index is 13.1. The smallest absolute Gasteiger partial charge is 0.336 e. The normalized spacial score (nSPS) is 11.0. The number of hydrogen-bond acceptors (Lipinski definition) is 4.